The van der Waals surface area contributed by atoms with E-state index in [1.807, 2.05) is 32.9 Å². The first kappa shape index (κ1) is 31.9. The van der Waals surface area contributed by atoms with E-state index in [1.165, 1.54) is 4.90 Å². The molecule has 210 valence electrons. The molecular formula is C28H39Cl2N3O4S. The predicted octanol–water partition coefficient (Wildman–Crippen LogP) is 5.64. The van der Waals surface area contributed by atoms with Crippen molar-refractivity contribution in [3.63, 3.8) is 0 Å². The zero-order chi connectivity index (χ0) is 28.8. The number of hydrogen-bond donors (Lipinski definition) is 1. The lowest BCUT2D eigenvalue weighted by atomic mass is 9.87. The van der Waals surface area contributed by atoms with Crippen LogP contribution in [0.15, 0.2) is 42.5 Å². The van der Waals surface area contributed by atoms with Crippen LogP contribution in [-0.2, 0) is 31.6 Å². The molecule has 2 aromatic rings. The number of nitrogens with one attached hydrogen (secondary N) is 1. The van der Waals surface area contributed by atoms with Gasteiger partial charge in [0, 0.05) is 23.1 Å². The van der Waals surface area contributed by atoms with Crippen molar-refractivity contribution in [2.24, 2.45) is 5.92 Å². The molecule has 0 aliphatic heterocycles. The Morgan fingerprint density at radius 1 is 1.03 bits per heavy atom. The summed E-state index contributed by atoms with van der Waals surface area (Å²) in [5.74, 6) is -0.601. The van der Waals surface area contributed by atoms with Gasteiger partial charge in [-0.2, -0.15) is 0 Å². The largest absolute Gasteiger partial charge is 0.354 e. The fourth-order valence-corrected chi connectivity index (χ4v) is 5.23. The predicted molar refractivity (Wildman–Crippen MR) is 156 cm³/mol. The summed E-state index contributed by atoms with van der Waals surface area (Å²) in [7, 11) is -3.81. The molecule has 38 heavy (non-hydrogen) atoms. The highest BCUT2D eigenvalue weighted by Gasteiger charge is 2.32. The van der Waals surface area contributed by atoms with Crippen LogP contribution >= 0.6 is 23.2 Å². The second-order valence-electron chi connectivity index (χ2n) is 10.9. The van der Waals surface area contributed by atoms with Gasteiger partial charge in [-0.05, 0) is 53.1 Å². The number of carbonyl (C=O) groups is 2. The van der Waals surface area contributed by atoms with Crippen molar-refractivity contribution < 1.29 is 18.0 Å². The molecule has 0 aromatic heterocycles. The molecule has 0 fully saturated rings. The van der Waals surface area contributed by atoms with Crippen molar-refractivity contribution in [3.05, 3.63) is 63.6 Å². The molecule has 2 rings (SSSR count). The van der Waals surface area contributed by atoms with Crippen molar-refractivity contribution in [2.45, 2.75) is 66.0 Å². The van der Waals surface area contributed by atoms with Crippen molar-refractivity contribution in [1.82, 2.24) is 10.2 Å². The van der Waals surface area contributed by atoms with Crippen LogP contribution in [0.3, 0.4) is 0 Å². The highest BCUT2D eigenvalue weighted by molar-refractivity contribution is 7.92. The minimum absolute atomic E-state index is 0.0169. The van der Waals surface area contributed by atoms with Crippen molar-refractivity contribution in [1.29, 1.82) is 0 Å². The van der Waals surface area contributed by atoms with Gasteiger partial charge in [0.25, 0.3) is 0 Å². The zero-order valence-corrected chi connectivity index (χ0v) is 25.5. The lowest BCUT2D eigenvalue weighted by Crippen LogP contribution is -2.52. The summed E-state index contributed by atoms with van der Waals surface area (Å²) in [6.45, 7) is 12.0. The highest BCUT2D eigenvalue weighted by Crippen LogP contribution is 2.27. The van der Waals surface area contributed by atoms with Gasteiger partial charge in [-0.1, -0.05) is 82.9 Å². The molecule has 0 radical (unpaired) electrons. The van der Waals surface area contributed by atoms with Gasteiger partial charge in [0.1, 0.15) is 12.6 Å². The number of nitrogens with zero attached hydrogens (tertiary/aromatic N) is 2. The average molecular weight is 585 g/mol. The van der Waals surface area contributed by atoms with E-state index in [1.54, 1.807) is 30.3 Å². The topological polar surface area (TPSA) is 86.8 Å². The molecule has 0 aliphatic carbocycles. The van der Waals surface area contributed by atoms with Crippen LogP contribution in [0.2, 0.25) is 10.0 Å². The fraction of sp³-hybridized carbons (Fsp3) is 0.500. The van der Waals surface area contributed by atoms with Crippen LogP contribution in [0.25, 0.3) is 0 Å². The van der Waals surface area contributed by atoms with E-state index in [9.17, 15) is 18.0 Å². The fourth-order valence-electron chi connectivity index (χ4n) is 3.92. The minimum Gasteiger partial charge on any atom is -0.354 e. The Labute approximate surface area is 237 Å². The molecule has 2 amide bonds. The Bertz CT molecular complexity index is 1230. The number of amides is 2. The summed E-state index contributed by atoms with van der Waals surface area (Å²) in [5, 5.41) is 3.69. The number of halogens is 2. The first-order chi connectivity index (χ1) is 17.5. The highest BCUT2D eigenvalue weighted by atomic mass is 35.5. The van der Waals surface area contributed by atoms with Crippen LogP contribution in [-0.4, -0.2) is 50.5 Å². The molecule has 0 aliphatic rings. The second-order valence-corrected chi connectivity index (χ2v) is 13.6. The third kappa shape index (κ3) is 8.89. The molecular weight excluding hydrogens is 545 g/mol. The van der Waals surface area contributed by atoms with Gasteiger partial charge in [0.2, 0.25) is 21.8 Å². The van der Waals surface area contributed by atoms with Crippen LogP contribution in [0, 0.1) is 5.92 Å². The molecule has 2 aromatic carbocycles. The van der Waals surface area contributed by atoms with Crippen LogP contribution in [0.1, 0.15) is 59.1 Å². The van der Waals surface area contributed by atoms with Crippen molar-refractivity contribution in [3.8, 4) is 0 Å². The molecule has 0 saturated heterocycles. The molecule has 1 N–H and O–H groups in total. The SMILES string of the molecule is CC[C@H](C(=O)NCC(C)C)N(Cc1ccc(Cl)cc1Cl)C(=O)CN(c1ccc(C(C)(C)C)cc1)S(C)(=O)=O. The number of sulfonamides is 1. The maximum Gasteiger partial charge on any atom is 0.244 e. The summed E-state index contributed by atoms with van der Waals surface area (Å²) < 4.78 is 26.7. The quantitative estimate of drug-likeness (QED) is 0.371. The number of benzene rings is 2. The second kappa shape index (κ2) is 13.2. The van der Waals surface area contributed by atoms with Crippen LogP contribution in [0.5, 0.6) is 0 Å². The van der Waals surface area contributed by atoms with E-state index in [0.717, 1.165) is 16.1 Å². The Kier molecular flexibility index (Phi) is 11.1. The van der Waals surface area contributed by atoms with Crippen molar-refractivity contribution in [2.75, 3.05) is 23.7 Å². The standard InChI is InChI=1S/C28H39Cl2N3O4S/c1-8-25(27(35)31-16-19(2)3)32(17-20-9-12-22(29)15-24(20)30)26(34)18-33(38(7,36)37)23-13-10-21(11-14-23)28(4,5)6/h9-15,19,25H,8,16-18H2,1-7H3,(H,31,35)/t25-/m1/s1. The maximum atomic E-state index is 13.8. The minimum atomic E-state index is -3.81. The zero-order valence-electron chi connectivity index (χ0n) is 23.2. The first-order valence-corrected chi connectivity index (χ1v) is 15.2. The van der Waals surface area contributed by atoms with E-state index in [4.69, 9.17) is 23.2 Å². The number of rotatable bonds is 11. The lowest BCUT2D eigenvalue weighted by Gasteiger charge is -2.33. The summed E-state index contributed by atoms with van der Waals surface area (Å²) in [4.78, 5) is 28.3. The molecule has 0 unspecified atom stereocenters. The number of carbonyl (C=O) groups excluding carboxylic acids is 2. The number of anilines is 1. The van der Waals surface area contributed by atoms with E-state index < -0.39 is 28.5 Å². The summed E-state index contributed by atoms with van der Waals surface area (Å²) in [6, 6.07) is 11.2. The van der Waals surface area contributed by atoms with Gasteiger partial charge in [-0.3, -0.25) is 13.9 Å². The Morgan fingerprint density at radius 3 is 2.11 bits per heavy atom. The summed E-state index contributed by atoms with van der Waals surface area (Å²) in [6.07, 6.45) is 1.39. The monoisotopic (exact) mass is 583 g/mol. The van der Waals surface area contributed by atoms with Gasteiger partial charge in [0.15, 0.2) is 0 Å². The molecule has 1 atom stereocenters. The van der Waals surface area contributed by atoms with E-state index in [2.05, 4.69) is 26.1 Å². The van der Waals surface area contributed by atoms with E-state index >= 15 is 0 Å². The molecule has 0 heterocycles. The van der Waals surface area contributed by atoms with Gasteiger partial charge >= 0.3 is 0 Å². The summed E-state index contributed by atoms with van der Waals surface area (Å²) in [5.41, 5.74) is 1.89. The molecule has 0 bridgehead atoms. The van der Waals surface area contributed by atoms with Gasteiger partial charge < -0.3 is 10.2 Å². The van der Waals surface area contributed by atoms with Gasteiger partial charge in [0.05, 0.1) is 11.9 Å². The van der Waals surface area contributed by atoms with Crippen molar-refractivity contribution >= 4 is 50.7 Å². The molecule has 0 saturated carbocycles. The van der Waals surface area contributed by atoms with E-state index in [0.29, 0.717) is 34.3 Å². The molecule has 10 heteroatoms. The van der Waals surface area contributed by atoms with Crippen LogP contribution in [0.4, 0.5) is 5.69 Å². The maximum absolute atomic E-state index is 13.8. The Balaban J connectivity index is 2.47. The molecule has 7 nitrogen and oxygen atoms in total. The first-order valence-electron chi connectivity index (χ1n) is 12.6. The lowest BCUT2D eigenvalue weighted by molar-refractivity contribution is -0.140. The van der Waals surface area contributed by atoms with Gasteiger partial charge in [-0.25, -0.2) is 8.42 Å². The normalized spacial score (nSPS) is 12.8. The third-order valence-corrected chi connectivity index (χ3v) is 7.85. The molecule has 0 spiro atoms. The van der Waals surface area contributed by atoms with Crippen LogP contribution < -0.4 is 9.62 Å². The Hall–Kier alpha value is -2.29. The third-order valence-electron chi connectivity index (χ3n) is 6.13. The van der Waals surface area contributed by atoms with E-state index in [-0.39, 0.29) is 23.8 Å². The average Bonchev–Trinajstić information content (AvgIpc) is 2.81. The Morgan fingerprint density at radius 2 is 1.63 bits per heavy atom. The number of hydrogen-bond acceptors (Lipinski definition) is 4. The van der Waals surface area contributed by atoms with Gasteiger partial charge in [-0.15, -0.1) is 0 Å². The summed E-state index contributed by atoms with van der Waals surface area (Å²) >= 11 is 12.5. The smallest absolute Gasteiger partial charge is 0.244 e.